The van der Waals surface area contributed by atoms with Crippen molar-refractivity contribution < 1.29 is 14.3 Å². The van der Waals surface area contributed by atoms with Crippen LogP contribution in [0, 0.1) is 19.7 Å². The van der Waals surface area contributed by atoms with Crippen molar-refractivity contribution in [3.8, 4) is 11.6 Å². The van der Waals surface area contributed by atoms with Crippen LogP contribution in [0.15, 0.2) is 35.5 Å². The van der Waals surface area contributed by atoms with E-state index in [1.165, 1.54) is 12.1 Å². The highest BCUT2D eigenvalue weighted by molar-refractivity contribution is 5.97. The third kappa shape index (κ3) is 2.85. The molecule has 0 amide bonds. The van der Waals surface area contributed by atoms with Gasteiger partial charge in [-0.1, -0.05) is 17.3 Å². The molecule has 0 fully saturated rings. The van der Waals surface area contributed by atoms with Crippen molar-refractivity contribution in [1.29, 1.82) is 0 Å². The number of aryl methyl sites for hydroxylation is 2. The number of hydrogen-bond donors (Lipinski definition) is 2. The number of aromatic nitrogens is 1. The minimum absolute atomic E-state index is 0.0648. The second kappa shape index (κ2) is 5.56. The molecular weight excluding hydrogens is 261 g/mol. The minimum atomic E-state index is -0.443. The summed E-state index contributed by atoms with van der Waals surface area (Å²) >= 11 is 0. The quantitative estimate of drug-likeness (QED) is 0.390. The van der Waals surface area contributed by atoms with Gasteiger partial charge in [-0.2, -0.15) is 0 Å². The van der Waals surface area contributed by atoms with Gasteiger partial charge in [-0.15, -0.1) is 0 Å². The molecule has 0 spiro atoms. The summed E-state index contributed by atoms with van der Waals surface area (Å²) in [6.07, 6.45) is 0. The van der Waals surface area contributed by atoms with Crippen molar-refractivity contribution in [2.45, 2.75) is 13.8 Å². The van der Waals surface area contributed by atoms with Gasteiger partial charge in [0.2, 0.25) is 5.88 Å². The largest absolute Gasteiger partial charge is 0.436 e. The van der Waals surface area contributed by atoms with Gasteiger partial charge in [0.05, 0.1) is 0 Å². The molecule has 2 aromatic rings. The van der Waals surface area contributed by atoms with Crippen molar-refractivity contribution in [3.63, 3.8) is 0 Å². The Morgan fingerprint density at radius 3 is 2.80 bits per heavy atom. The smallest absolute Gasteiger partial charge is 0.220 e. The summed E-state index contributed by atoms with van der Waals surface area (Å²) in [5, 5.41) is 11.6. The van der Waals surface area contributed by atoms with Gasteiger partial charge in [0, 0.05) is 17.3 Å². The zero-order valence-electron chi connectivity index (χ0n) is 11.1. The average molecular weight is 275 g/mol. The molecule has 1 aromatic carbocycles. The third-order valence-corrected chi connectivity index (χ3v) is 2.70. The second-order valence-corrected chi connectivity index (χ2v) is 4.31. The topological polar surface area (TPSA) is 80.7 Å². The number of hydrogen-bond acceptors (Lipinski definition) is 4. The highest BCUT2D eigenvalue weighted by Gasteiger charge is 2.10. The standard InChI is InChI=1S/C14H14FN3O2/c1-8-4-3-5-11(13(8)15)20-12-7-10(14(16)18-19)6-9(2)17-12/h3-7,19H,1-2H3,(H2,16,18). The van der Waals surface area contributed by atoms with E-state index in [1.807, 2.05) is 0 Å². The lowest BCUT2D eigenvalue weighted by Gasteiger charge is -2.09. The molecule has 0 saturated carbocycles. The Kier molecular flexibility index (Phi) is 3.84. The van der Waals surface area contributed by atoms with Gasteiger partial charge in [-0.3, -0.25) is 0 Å². The Bertz CT molecular complexity index is 671. The fraction of sp³-hybridized carbons (Fsp3) is 0.143. The maximum absolute atomic E-state index is 13.9. The Hall–Kier alpha value is -2.63. The van der Waals surface area contributed by atoms with E-state index in [0.29, 0.717) is 16.8 Å². The Morgan fingerprint density at radius 2 is 2.10 bits per heavy atom. The van der Waals surface area contributed by atoms with Gasteiger partial charge in [-0.05, 0) is 31.5 Å². The maximum atomic E-state index is 13.9. The minimum Gasteiger partial charge on any atom is -0.436 e. The van der Waals surface area contributed by atoms with Crippen LogP contribution in [0.5, 0.6) is 11.6 Å². The van der Waals surface area contributed by atoms with Gasteiger partial charge in [0.15, 0.2) is 17.4 Å². The predicted octanol–water partition coefficient (Wildman–Crippen LogP) is 2.72. The Labute approximate surface area is 115 Å². The molecule has 0 aliphatic carbocycles. The maximum Gasteiger partial charge on any atom is 0.220 e. The van der Waals surface area contributed by atoms with Crippen LogP contribution in [0.4, 0.5) is 4.39 Å². The molecule has 0 unspecified atom stereocenters. The number of nitrogens with two attached hydrogens (primary N) is 1. The normalized spacial score (nSPS) is 11.4. The first kappa shape index (κ1) is 13.8. The molecule has 6 heteroatoms. The lowest BCUT2D eigenvalue weighted by molar-refractivity contribution is 0.318. The van der Waals surface area contributed by atoms with Crippen LogP contribution in [0.2, 0.25) is 0 Å². The number of rotatable bonds is 3. The summed E-state index contributed by atoms with van der Waals surface area (Å²) in [6, 6.07) is 7.95. The molecule has 0 radical (unpaired) electrons. The van der Waals surface area contributed by atoms with Crippen LogP contribution < -0.4 is 10.5 Å². The molecule has 0 bridgehead atoms. The summed E-state index contributed by atoms with van der Waals surface area (Å²) in [7, 11) is 0. The molecule has 1 heterocycles. The first-order valence-electron chi connectivity index (χ1n) is 5.91. The summed E-state index contributed by atoms with van der Waals surface area (Å²) in [5.74, 6) is -0.254. The predicted molar refractivity (Wildman–Crippen MR) is 72.7 cm³/mol. The van der Waals surface area contributed by atoms with Crippen LogP contribution in [0.3, 0.4) is 0 Å². The average Bonchev–Trinajstić information content (AvgIpc) is 2.42. The number of pyridine rings is 1. The molecule has 104 valence electrons. The summed E-state index contributed by atoms with van der Waals surface area (Å²) in [6.45, 7) is 3.38. The molecule has 5 nitrogen and oxygen atoms in total. The molecular formula is C14H14FN3O2. The van der Waals surface area contributed by atoms with Crippen molar-refractivity contribution >= 4 is 5.84 Å². The van der Waals surface area contributed by atoms with Crippen LogP contribution in [-0.2, 0) is 0 Å². The fourth-order valence-corrected chi connectivity index (χ4v) is 1.71. The lowest BCUT2D eigenvalue weighted by Crippen LogP contribution is -2.13. The van der Waals surface area contributed by atoms with Gasteiger partial charge in [0.1, 0.15) is 0 Å². The number of ether oxygens (including phenoxy) is 1. The Balaban J connectivity index is 2.39. The van der Waals surface area contributed by atoms with Gasteiger partial charge in [-0.25, -0.2) is 9.37 Å². The van der Waals surface area contributed by atoms with Crippen molar-refractivity contribution in [2.24, 2.45) is 10.9 Å². The summed E-state index contributed by atoms with van der Waals surface area (Å²) in [5.41, 5.74) is 7.06. The highest BCUT2D eigenvalue weighted by atomic mass is 19.1. The molecule has 2 rings (SSSR count). The molecule has 0 aliphatic rings. The van der Waals surface area contributed by atoms with Crippen LogP contribution in [-0.4, -0.2) is 16.0 Å². The number of halogens is 1. The van der Waals surface area contributed by atoms with E-state index in [0.717, 1.165) is 0 Å². The lowest BCUT2D eigenvalue weighted by atomic mass is 10.2. The SMILES string of the molecule is Cc1cc(/C(N)=N/O)cc(Oc2cccc(C)c2F)n1. The molecule has 20 heavy (non-hydrogen) atoms. The van der Waals surface area contributed by atoms with Crippen molar-refractivity contribution in [2.75, 3.05) is 0 Å². The van der Waals surface area contributed by atoms with Gasteiger partial charge < -0.3 is 15.7 Å². The fourth-order valence-electron chi connectivity index (χ4n) is 1.71. The highest BCUT2D eigenvalue weighted by Crippen LogP contribution is 2.25. The zero-order chi connectivity index (χ0) is 14.7. The van der Waals surface area contributed by atoms with Crippen molar-refractivity contribution in [3.05, 3.63) is 53.0 Å². The molecule has 3 N–H and O–H groups in total. The van der Waals surface area contributed by atoms with E-state index in [-0.39, 0.29) is 17.5 Å². The molecule has 0 saturated heterocycles. The number of oxime groups is 1. The van der Waals surface area contributed by atoms with E-state index in [9.17, 15) is 4.39 Å². The number of amidine groups is 1. The van der Waals surface area contributed by atoms with Gasteiger partial charge >= 0.3 is 0 Å². The van der Waals surface area contributed by atoms with E-state index < -0.39 is 5.82 Å². The van der Waals surface area contributed by atoms with E-state index >= 15 is 0 Å². The second-order valence-electron chi connectivity index (χ2n) is 4.31. The van der Waals surface area contributed by atoms with Gasteiger partial charge in [0.25, 0.3) is 0 Å². The first-order chi connectivity index (χ1) is 9.51. The van der Waals surface area contributed by atoms with E-state index in [2.05, 4.69) is 10.1 Å². The van der Waals surface area contributed by atoms with Crippen LogP contribution >= 0.6 is 0 Å². The van der Waals surface area contributed by atoms with Crippen molar-refractivity contribution in [1.82, 2.24) is 4.98 Å². The zero-order valence-corrected chi connectivity index (χ0v) is 11.1. The summed E-state index contributed by atoms with van der Waals surface area (Å²) < 4.78 is 19.3. The Morgan fingerprint density at radius 1 is 1.35 bits per heavy atom. The van der Waals surface area contributed by atoms with Crippen LogP contribution in [0.25, 0.3) is 0 Å². The molecule has 1 aromatic heterocycles. The third-order valence-electron chi connectivity index (χ3n) is 2.70. The summed E-state index contributed by atoms with van der Waals surface area (Å²) in [4.78, 5) is 4.14. The van der Waals surface area contributed by atoms with Crippen LogP contribution in [0.1, 0.15) is 16.8 Å². The number of nitrogens with zero attached hydrogens (tertiary/aromatic N) is 2. The van der Waals surface area contributed by atoms with E-state index in [1.54, 1.807) is 32.0 Å². The molecule has 0 atom stereocenters. The first-order valence-corrected chi connectivity index (χ1v) is 5.91. The van der Waals surface area contributed by atoms with E-state index in [4.69, 9.17) is 15.7 Å². The molecule has 0 aliphatic heterocycles. The number of benzene rings is 1. The monoisotopic (exact) mass is 275 g/mol.